The summed E-state index contributed by atoms with van der Waals surface area (Å²) in [5.41, 5.74) is 2.79. The second-order valence-corrected chi connectivity index (χ2v) is 6.40. The third kappa shape index (κ3) is 4.11. The molecule has 2 aromatic rings. The van der Waals surface area contributed by atoms with Crippen LogP contribution in [0.5, 0.6) is 5.75 Å². The van der Waals surface area contributed by atoms with Gasteiger partial charge in [-0.05, 0) is 43.5 Å². The molecule has 0 fully saturated rings. The Morgan fingerprint density at radius 1 is 1.38 bits per heavy atom. The van der Waals surface area contributed by atoms with Gasteiger partial charge in [0.1, 0.15) is 5.75 Å². The molecular formula is C16H18F3N3OS. The highest BCUT2D eigenvalue weighted by Crippen LogP contribution is 2.33. The first kappa shape index (κ1) is 16.9. The van der Waals surface area contributed by atoms with Crippen molar-refractivity contribution in [3.63, 3.8) is 0 Å². The number of aryl methyl sites for hydroxylation is 1. The first-order valence-electron chi connectivity index (χ1n) is 7.76. The van der Waals surface area contributed by atoms with Gasteiger partial charge in [0.15, 0.2) is 5.13 Å². The average molecular weight is 357 g/mol. The summed E-state index contributed by atoms with van der Waals surface area (Å²) in [6.45, 7) is 4.35. The van der Waals surface area contributed by atoms with Crippen LogP contribution in [0.25, 0.3) is 0 Å². The summed E-state index contributed by atoms with van der Waals surface area (Å²) in [5, 5.41) is 6.07. The highest BCUT2D eigenvalue weighted by Gasteiger charge is 2.31. The van der Waals surface area contributed by atoms with E-state index < -0.39 is 6.36 Å². The number of alkyl halides is 3. The minimum Gasteiger partial charge on any atom is -0.406 e. The molecule has 1 aliphatic heterocycles. The first-order chi connectivity index (χ1) is 11.4. The van der Waals surface area contributed by atoms with Gasteiger partial charge in [-0.2, -0.15) is 0 Å². The minimum atomic E-state index is -4.66. The highest BCUT2D eigenvalue weighted by atomic mass is 32.1. The molecule has 1 aromatic heterocycles. The van der Waals surface area contributed by atoms with Gasteiger partial charge in [0, 0.05) is 24.2 Å². The predicted octanol–water partition coefficient (Wildman–Crippen LogP) is 4.43. The third-order valence-corrected chi connectivity index (χ3v) is 4.58. The molecule has 0 atom stereocenters. The zero-order chi connectivity index (χ0) is 17.2. The van der Waals surface area contributed by atoms with Crippen LogP contribution in [0.2, 0.25) is 0 Å². The maximum absolute atomic E-state index is 12.4. The van der Waals surface area contributed by atoms with Crippen LogP contribution in [0.4, 0.5) is 24.0 Å². The molecule has 1 aromatic carbocycles. The largest absolute Gasteiger partial charge is 0.573 e. The van der Waals surface area contributed by atoms with Crippen LogP contribution in [0.1, 0.15) is 24.6 Å². The maximum atomic E-state index is 12.4. The summed E-state index contributed by atoms with van der Waals surface area (Å²) in [4.78, 5) is 6.68. The van der Waals surface area contributed by atoms with E-state index in [1.165, 1.54) is 12.1 Å². The van der Waals surface area contributed by atoms with E-state index in [0.717, 1.165) is 48.0 Å². The minimum absolute atomic E-state index is 0.161. The lowest BCUT2D eigenvalue weighted by molar-refractivity contribution is -0.274. The second-order valence-electron chi connectivity index (χ2n) is 5.54. The van der Waals surface area contributed by atoms with Gasteiger partial charge in [-0.3, -0.25) is 0 Å². The van der Waals surface area contributed by atoms with Crippen molar-refractivity contribution in [3.05, 3.63) is 34.8 Å². The standard InChI is InChI=1S/C16H18F3N3OS/c1-2-20-15-21-12(10-24-15)9-22-7-3-4-11-8-13(5-6-14(11)22)23-16(17,18)19/h5-6,8,10H,2-4,7,9H2,1H3,(H,20,21). The number of nitrogens with zero attached hydrogens (tertiary/aromatic N) is 2. The molecule has 1 aliphatic rings. The molecule has 8 heteroatoms. The second kappa shape index (κ2) is 6.88. The number of hydrogen-bond acceptors (Lipinski definition) is 5. The Hall–Kier alpha value is -1.96. The molecule has 0 saturated heterocycles. The van der Waals surface area contributed by atoms with Crippen LogP contribution in [0.3, 0.4) is 0 Å². The number of thiazole rings is 1. The van der Waals surface area contributed by atoms with Crippen molar-refractivity contribution < 1.29 is 17.9 Å². The molecule has 0 spiro atoms. The van der Waals surface area contributed by atoms with Crippen molar-refractivity contribution in [3.8, 4) is 5.75 Å². The topological polar surface area (TPSA) is 37.4 Å². The lowest BCUT2D eigenvalue weighted by Gasteiger charge is -2.31. The van der Waals surface area contributed by atoms with Crippen LogP contribution >= 0.6 is 11.3 Å². The molecule has 0 bridgehead atoms. The summed E-state index contributed by atoms with van der Waals surface area (Å²) in [6.07, 6.45) is -3.01. The quantitative estimate of drug-likeness (QED) is 0.859. The molecule has 3 rings (SSSR count). The zero-order valence-electron chi connectivity index (χ0n) is 13.2. The van der Waals surface area contributed by atoms with Crippen molar-refractivity contribution in [2.24, 2.45) is 0 Å². The van der Waals surface area contributed by atoms with E-state index in [-0.39, 0.29) is 5.75 Å². The van der Waals surface area contributed by atoms with Crippen molar-refractivity contribution in [1.82, 2.24) is 4.98 Å². The molecule has 0 saturated carbocycles. The van der Waals surface area contributed by atoms with Gasteiger partial charge in [-0.25, -0.2) is 4.98 Å². The number of nitrogens with one attached hydrogen (secondary N) is 1. The van der Waals surface area contributed by atoms with Gasteiger partial charge < -0.3 is 15.0 Å². The molecular weight excluding hydrogens is 339 g/mol. The van der Waals surface area contributed by atoms with Gasteiger partial charge in [0.2, 0.25) is 0 Å². The molecule has 0 amide bonds. The van der Waals surface area contributed by atoms with Gasteiger partial charge >= 0.3 is 6.36 Å². The molecule has 1 N–H and O–H groups in total. The number of rotatable bonds is 5. The SMILES string of the molecule is CCNc1nc(CN2CCCc3cc(OC(F)(F)F)ccc32)cs1. The van der Waals surface area contributed by atoms with Crippen LogP contribution in [0.15, 0.2) is 23.6 Å². The van der Waals surface area contributed by atoms with Crippen LogP contribution in [-0.2, 0) is 13.0 Å². The molecule has 130 valence electrons. The fourth-order valence-electron chi connectivity index (χ4n) is 2.82. The van der Waals surface area contributed by atoms with Crippen molar-refractivity contribution >= 4 is 22.2 Å². The first-order valence-corrected chi connectivity index (χ1v) is 8.64. The lowest BCUT2D eigenvalue weighted by Crippen LogP contribution is -2.29. The Balaban J connectivity index is 1.75. The van der Waals surface area contributed by atoms with Crippen molar-refractivity contribution in [2.75, 3.05) is 23.3 Å². The molecule has 2 heterocycles. The number of anilines is 2. The lowest BCUT2D eigenvalue weighted by atomic mass is 10.0. The molecule has 0 radical (unpaired) electrons. The highest BCUT2D eigenvalue weighted by molar-refractivity contribution is 7.13. The smallest absolute Gasteiger partial charge is 0.406 e. The third-order valence-electron chi connectivity index (χ3n) is 3.73. The Morgan fingerprint density at radius 3 is 2.96 bits per heavy atom. The van der Waals surface area contributed by atoms with E-state index >= 15 is 0 Å². The summed E-state index contributed by atoms with van der Waals surface area (Å²) >= 11 is 1.56. The molecule has 24 heavy (non-hydrogen) atoms. The van der Waals surface area contributed by atoms with Crippen molar-refractivity contribution in [1.29, 1.82) is 0 Å². The number of ether oxygens (including phenoxy) is 1. The summed E-state index contributed by atoms with van der Waals surface area (Å²) < 4.78 is 41.1. The normalized spacial score (nSPS) is 14.4. The van der Waals surface area contributed by atoms with E-state index in [1.54, 1.807) is 17.4 Å². The van der Waals surface area contributed by atoms with Gasteiger partial charge in [0.25, 0.3) is 0 Å². The molecule has 4 nitrogen and oxygen atoms in total. The van der Waals surface area contributed by atoms with E-state index in [0.29, 0.717) is 6.54 Å². The van der Waals surface area contributed by atoms with Crippen molar-refractivity contribution in [2.45, 2.75) is 32.7 Å². The molecule has 0 unspecified atom stereocenters. The Kier molecular flexibility index (Phi) is 4.84. The number of benzene rings is 1. The number of fused-ring (bicyclic) bond motifs is 1. The number of halogens is 3. The number of hydrogen-bond donors (Lipinski definition) is 1. The fourth-order valence-corrected chi connectivity index (χ4v) is 3.59. The Morgan fingerprint density at radius 2 is 2.21 bits per heavy atom. The van der Waals surface area contributed by atoms with Gasteiger partial charge in [-0.15, -0.1) is 24.5 Å². The zero-order valence-corrected chi connectivity index (χ0v) is 14.0. The van der Waals surface area contributed by atoms with E-state index in [1.807, 2.05) is 12.3 Å². The average Bonchev–Trinajstić information content (AvgIpc) is 2.93. The van der Waals surface area contributed by atoms with E-state index in [2.05, 4.69) is 19.9 Å². The summed E-state index contributed by atoms with van der Waals surface area (Å²) in [6, 6.07) is 4.56. The molecule has 0 aliphatic carbocycles. The van der Waals surface area contributed by atoms with Gasteiger partial charge in [0.05, 0.1) is 12.2 Å². The van der Waals surface area contributed by atoms with E-state index in [9.17, 15) is 13.2 Å². The Bertz CT molecular complexity index is 702. The van der Waals surface area contributed by atoms with Crippen LogP contribution in [0, 0.1) is 0 Å². The predicted molar refractivity (Wildman–Crippen MR) is 88.8 cm³/mol. The number of aromatic nitrogens is 1. The monoisotopic (exact) mass is 357 g/mol. The summed E-state index contributed by atoms with van der Waals surface area (Å²) in [7, 11) is 0. The van der Waals surface area contributed by atoms with Crippen LogP contribution < -0.4 is 15.0 Å². The fraction of sp³-hybridized carbons (Fsp3) is 0.438. The van der Waals surface area contributed by atoms with Gasteiger partial charge in [-0.1, -0.05) is 0 Å². The Labute approximate surface area is 142 Å². The summed E-state index contributed by atoms with van der Waals surface area (Å²) in [5.74, 6) is -0.161. The van der Waals surface area contributed by atoms with E-state index in [4.69, 9.17) is 0 Å². The van der Waals surface area contributed by atoms with Crippen LogP contribution in [-0.4, -0.2) is 24.4 Å². The maximum Gasteiger partial charge on any atom is 0.573 e.